The number of aliphatic carboxylic acids is 1. The first kappa shape index (κ1) is 25.5. The third-order valence-electron chi connectivity index (χ3n) is 5.33. The van der Waals surface area contributed by atoms with E-state index in [1.807, 2.05) is 29.1 Å². The number of fused-ring (bicyclic) bond motifs is 1. The number of hydrogen-bond donors (Lipinski definition) is 3. The highest BCUT2D eigenvalue weighted by atomic mass is 32.2. The number of ether oxygens (including phenoxy) is 1. The summed E-state index contributed by atoms with van der Waals surface area (Å²) in [5.41, 5.74) is 6.89. The van der Waals surface area contributed by atoms with Crippen molar-refractivity contribution in [1.82, 2.24) is 19.6 Å². The molecule has 190 valence electrons. The molecule has 36 heavy (non-hydrogen) atoms. The van der Waals surface area contributed by atoms with Gasteiger partial charge in [-0.05, 0) is 12.5 Å². The number of β-lactam (4-membered cyclic amide) rings is 1. The molecular formula is C21H24N7O6S2+. The van der Waals surface area contributed by atoms with E-state index in [0.717, 1.165) is 17.1 Å². The highest BCUT2D eigenvalue weighted by Gasteiger charge is 2.54. The fraction of sp³-hybridized carbons (Fsp3) is 0.381. The molecule has 2 atom stereocenters. The second-order valence-corrected chi connectivity index (χ2v) is 9.63. The average Bonchev–Trinajstić information content (AvgIpc) is 3.29. The summed E-state index contributed by atoms with van der Waals surface area (Å²) in [7, 11) is 1.61. The quantitative estimate of drug-likeness (QED) is 0.159. The highest BCUT2D eigenvalue weighted by Crippen LogP contribution is 2.40. The number of anilines is 1. The van der Waals surface area contributed by atoms with Crippen LogP contribution >= 0.6 is 23.3 Å². The maximum Gasteiger partial charge on any atom is 0.352 e. The maximum atomic E-state index is 13.0. The monoisotopic (exact) mass is 534 g/mol. The van der Waals surface area contributed by atoms with Crippen LogP contribution in [0, 0.1) is 0 Å². The largest absolute Gasteiger partial charge is 0.477 e. The van der Waals surface area contributed by atoms with Gasteiger partial charge in [-0.2, -0.15) is 9.36 Å². The topological polar surface area (TPSA) is 173 Å². The number of methoxy groups -OCH3 is 1. The lowest BCUT2D eigenvalue weighted by molar-refractivity contribution is -0.689. The van der Waals surface area contributed by atoms with Gasteiger partial charge in [-0.15, -0.1) is 11.8 Å². The number of pyridine rings is 1. The van der Waals surface area contributed by atoms with Crippen LogP contribution in [0.3, 0.4) is 0 Å². The van der Waals surface area contributed by atoms with E-state index in [1.165, 1.54) is 16.7 Å². The number of carbonyl (C=O) groups excluding carboxylic acids is 2. The van der Waals surface area contributed by atoms with Crippen molar-refractivity contribution in [3.05, 3.63) is 47.2 Å². The zero-order valence-corrected chi connectivity index (χ0v) is 21.0. The van der Waals surface area contributed by atoms with Crippen molar-refractivity contribution < 1.29 is 33.6 Å². The van der Waals surface area contributed by atoms with E-state index in [-0.39, 0.29) is 29.0 Å². The van der Waals surface area contributed by atoms with Crippen LogP contribution < -0.4 is 15.6 Å². The van der Waals surface area contributed by atoms with Crippen molar-refractivity contribution in [2.24, 2.45) is 5.16 Å². The number of nitrogen functional groups attached to an aromatic ring is 1. The molecule has 0 saturated carbocycles. The minimum absolute atomic E-state index is 0.0228. The first-order valence-electron chi connectivity index (χ1n) is 10.8. The first-order valence-corrected chi connectivity index (χ1v) is 12.6. The van der Waals surface area contributed by atoms with Gasteiger partial charge in [0.1, 0.15) is 23.7 Å². The lowest BCUT2D eigenvalue weighted by atomic mass is 10.0. The minimum Gasteiger partial charge on any atom is -0.477 e. The van der Waals surface area contributed by atoms with Gasteiger partial charge in [0.05, 0.1) is 6.61 Å². The van der Waals surface area contributed by atoms with Gasteiger partial charge in [0.25, 0.3) is 11.8 Å². The van der Waals surface area contributed by atoms with Gasteiger partial charge in [0.15, 0.2) is 24.1 Å². The third-order valence-corrected chi connectivity index (χ3v) is 7.22. The maximum absolute atomic E-state index is 13.0. The normalized spacial score (nSPS) is 19.6. The predicted molar refractivity (Wildman–Crippen MR) is 130 cm³/mol. The fourth-order valence-electron chi connectivity index (χ4n) is 3.74. The van der Waals surface area contributed by atoms with Crippen LogP contribution in [0.2, 0.25) is 0 Å². The molecule has 2 amide bonds. The molecule has 0 aromatic carbocycles. The lowest BCUT2D eigenvalue weighted by Crippen LogP contribution is -2.71. The Morgan fingerprint density at radius 2 is 2.14 bits per heavy atom. The average molecular weight is 535 g/mol. The SMILES string of the molecule is CCON=C(C(=O)NC1C(=O)N2C(C(=O)O)=C(C[n+]3ccc(COC)cc3)CS[C@@H]12)c1nsc(N)n1. The van der Waals surface area contributed by atoms with Gasteiger partial charge < -0.3 is 25.7 Å². The molecule has 1 unspecified atom stereocenters. The van der Waals surface area contributed by atoms with E-state index in [0.29, 0.717) is 24.5 Å². The van der Waals surface area contributed by atoms with Gasteiger partial charge in [0.2, 0.25) is 11.5 Å². The van der Waals surface area contributed by atoms with Crippen LogP contribution in [0.5, 0.6) is 0 Å². The molecule has 2 aliphatic rings. The Morgan fingerprint density at radius 3 is 2.75 bits per heavy atom. The second kappa shape index (κ2) is 11.0. The van der Waals surface area contributed by atoms with Crippen molar-refractivity contribution in [2.45, 2.75) is 31.5 Å². The van der Waals surface area contributed by atoms with Gasteiger partial charge in [0, 0.05) is 42.1 Å². The summed E-state index contributed by atoms with van der Waals surface area (Å²) in [6.45, 7) is 2.67. The van der Waals surface area contributed by atoms with Gasteiger partial charge in [-0.3, -0.25) is 14.5 Å². The van der Waals surface area contributed by atoms with Gasteiger partial charge >= 0.3 is 5.97 Å². The Labute approximate surface area is 214 Å². The number of oxime groups is 1. The fourth-order valence-corrected chi connectivity index (χ4v) is 5.51. The van der Waals surface area contributed by atoms with E-state index >= 15 is 0 Å². The molecule has 0 radical (unpaired) electrons. The number of nitrogens with two attached hydrogens (primary N) is 1. The Morgan fingerprint density at radius 1 is 1.39 bits per heavy atom. The highest BCUT2D eigenvalue weighted by molar-refractivity contribution is 8.00. The van der Waals surface area contributed by atoms with Crippen LogP contribution in [-0.4, -0.2) is 73.7 Å². The number of carboxylic acids is 1. The Kier molecular flexibility index (Phi) is 7.81. The summed E-state index contributed by atoms with van der Waals surface area (Å²) < 4.78 is 10.9. The smallest absolute Gasteiger partial charge is 0.352 e. The molecule has 4 rings (SSSR count). The number of thioether (sulfide) groups is 1. The molecule has 2 aliphatic heterocycles. The molecule has 0 aliphatic carbocycles. The van der Waals surface area contributed by atoms with Crippen LogP contribution in [0.1, 0.15) is 18.3 Å². The van der Waals surface area contributed by atoms with E-state index < -0.39 is 29.2 Å². The summed E-state index contributed by atoms with van der Waals surface area (Å²) in [6, 6.07) is 2.83. The molecule has 0 spiro atoms. The summed E-state index contributed by atoms with van der Waals surface area (Å²) in [4.78, 5) is 48.2. The van der Waals surface area contributed by atoms with Crippen molar-refractivity contribution >= 4 is 51.9 Å². The van der Waals surface area contributed by atoms with Crippen LogP contribution in [0.15, 0.2) is 41.0 Å². The number of amides is 2. The summed E-state index contributed by atoms with van der Waals surface area (Å²) >= 11 is 2.26. The zero-order chi connectivity index (χ0) is 25.8. The Balaban J connectivity index is 1.50. The Hall–Kier alpha value is -3.56. The molecule has 2 aromatic heterocycles. The molecular weight excluding hydrogens is 510 g/mol. The van der Waals surface area contributed by atoms with Gasteiger partial charge in [-0.25, -0.2) is 9.36 Å². The van der Waals surface area contributed by atoms with E-state index in [4.69, 9.17) is 15.3 Å². The number of nitrogens with zero attached hydrogens (tertiary/aromatic N) is 5. The van der Waals surface area contributed by atoms with E-state index in [2.05, 4.69) is 19.8 Å². The zero-order valence-electron chi connectivity index (χ0n) is 19.4. The number of nitrogens with one attached hydrogen (secondary N) is 1. The van der Waals surface area contributed by atoms with Crippen LogP contribution in [0.4, 0.5) is 5.13 Å². The second-order valence-electron chi connectivity index (χ2n) is 7.74. The molecule has 4 N–H and O–H groups in total. The number of carboxylic acid groups (broad SMARTS) is 1. The van der Waals surface area contributed by atoms with Crippen molar-refractivity contribution in [3.8, 4) is 0 Å². The number of carbonyl (C=O) groups is 3. The molecule has 0 bridgehead atoms. The minimum atomic E-state index is -1.20. The predicted octanol–water partition coefficient (Wildman–Crippen LogP) is -0.266. The van der Waals surface area contributed by atoms with Gasteiger partial charge in [-0.1, -0.05) is 5.16 Å². The van der Waals surface area contributed by atoms with Crippen molar-refractivity contribution in [2.75, 3.05) is 25.2 Å². The molecule has 1 saturated heterocycles. The number of hydrogen-bond acceptors (Lipinski definition) is 11. The summed E-state index contributed by atoms with van der Waals surface area (Å²) in [5.74, 6) is -2.11. The van der Waals surface area contributed by atoms with E-state index in [9.17, 15) is 19.5 Å². The first-order chi connectivity index (χ1) is 17.3. The standard InChI is InChI=1S/C21H23N7O6S2/c1-3-34-25-13(16-24-21(22)36-26-16)17(29)23-14-18(30)28-15(20(31)32)12(10-35-19(14)28)8-27-6-4-11(5-7-27)9-33-2/h4-7,14,19H,3,8-10H2,1-2H3,(H3-,22,23,24,26,29,31,32)/p+1/t14?,19-/m0/s1. The molecule has 13 nitrogen and oxygen atoms in total. The lowest BCUT2D eigenvalue weighted by Gasteiger charge is -2.49. The van der Waals surface area contributed by atoms with E-state index in [1.54, 1.807) is 14.0 Å². The van der Waals surface area contributed by atoms with Crippen molar-refractivity contribution in [1.29, 1.82) is 0 Å². The summed E-state index contributed by atoms with van der Waals surface area (Å²) in [5, 5.41) is 15.9. The molecule has 1 fully saturated rings. The summed E-state index contributed by atoms with van der Waals surface area (Å²) in [6.07, 6.45) is 3.66. The molecule has 2 aromatic rings. The van der Waals surface area contributed by atoms with Crippen LogP contribution in [-0.2, 0) is 37.1 Å². The third kappa shape index (κ3) is 5.17. The number of aromatic nitrogens is 3. The number of rotatable bonds is 10. The van der Waals surface area contributed by atoms with Crippen LogP contribution in [0.25, 0.3) is 0 Å². The molecule has 15 heteroatoms. The Bertz CT molecular complexity index is 1230. The molecule has 4 heterocycles. The van der Waals surface area contributed by atoms with Crippen molar-refractivity contribution in [3.63, 3.8) is 0 Å².